The van der Waals surface area contributed by atoms with Crippen LogP contribution in [0.3, 0.4) is 0 Å². The lowest BCUT2D eigenvalue weighted by molar-refractivity contribution is 0.289. The molecule has 1 saturated carbocycles. The lowest BCUT2D eigenvalue weighted by Gasteiger charge is -2.33. The second-order valence-corrected chi connectivity index (χ2v) is 8.30. The average Bonchev–Trinajstić information content (AvgIpc) is 2.37. The van der Waals surface area contributed by atoms with Gasteiger partial charge in [-0.1, -0.05) is 65.7 Å². The highest BCUT2D eigenvalue weighted by Gasteiger charge is 2.24. The van der Waals surface area contributed by atoms with E-state index in [2.05, 4.69) is 64.2 Å². The van der Waals surface area contributed by atoms with Crippen LogP contribution in [0.15, 0.2) is 24.3 Å². The number of rotatable bonds is 4. The van der Waals surface area contributed by atoms with Crippen molar-refractivity contribution in [3.8, 4) is 0 Å². The minimum Gasteiger partial charge on any atom is -0.382 e. The molecule has 0 aromatic heterocycles. The quantitative estimate of drug-likeness (QED) is 0.716. The van der Waals surface area contributed by atoms with E-state index >= 15 is 0 Å². The molecule has 1 aliphatic rings. The lowest BCUT2D eigenvalue weighted by atomic mass is 9.80. The van der Waals surface area contributed by atoms with Gasteiger partial charge in [-0.2, -0.15) is 0 Å². The maximum Gasteiger partial charge on any atom is 0.0380 e. The van der Waals surface area contributed by atoms with Crippen molar-refractivity contribution >= 4 is 5.69 Å². The van der Waals surface area contributed by atoms with Gasteiger partial charge < -0.3 is 5.32 Å². The van der Waals surface area contributed by atoms with E-state index in [0.717, 1.165) is 11.8 Å². The third kappa shape index (κ3) is 4.76. The van der Waals surface area contributed by atoms with Crippen molar-refractivity contribution in [3.63, 3.8) is 0 Å². The Morgan fingerprint density at radius 1 is 1.14 bits per heavy atom. The van der Waals surface area contributed by atoms with Crippen molar-refractivity contribution in [1.29, 1.82) is 0 Å². The fourth-order valence-electron chi connectivity index (χ4n) is 3.79. The van der Waals surface area contributed by atoms with Crippen molar-refractivity contribution in [2.75, 3.05) is 5.32 Å². The molecule has 1 aromatic carbocycles. The zero-order valence-electron chi connectivity index (χ0n) is 14.6. The second kappa shape index (κ2) is 6.85. The largest absolute Gasteiger partial charge is 0.382 e. The van der Waals surface area contributed by atoms with Crippen LogP contribution >= 0.6 is 0 Å². The van der Waals surface area contributed by atoms with Crippen LogP contribution < -0.4 is 5.32 Å². The van der Waals surface area contributed by atoms with Gasteiger partial charge in [-0.05, 0) is 48.1 Å². The fraction of sp³-hybridized carbons (Fsp3) is 0.700. The number of hydrogen-bond donors (Lipinski definition) is 1. The Hall–Kier alpha value is -0.980. The first-order valence-electron chi connectivity index (χ1n) is 8.72. The molecule has 0 bridgehead atoms. The van der Waals surface area contributed by atoms with Gasteiger partial charge in [0.15, 0.2) is 0 Å². The molecule has 0 aliphatic heterocycles. The van der Waals surface area contributed by atoms with E-state index in [9.17, 15) is 0 Å². The van der Waals surface area contributed by atoms with Crippen molar-refractivity contribution < 1.29 is 0 Å². The third-order valence-corrected chi connectivity index (χ3v) is 4.68. The summed E-state index contributed by atoms with van der Waals surface area (Å²) in [6, 6.07) is 9.51. The Balaban J connectivity index is 2.05. The normalized spacial score (nSPS) is 23.3. The Bertz CT molecular complexity index is 441. The standard InChI is InChI=1S/C20H33N/c1-15(2)13-16-9-8-10-17(14-16)21-19-12-7-6-11-18(19)20(3,4)5/h6-7,11-12,15-17,21H,8-10,13-14H2,1-5H3. The van der Waals surface area contributed by atoms with Gasteiger partial charge in [-0.3, -0.25) is 0 Å². The second-order valence-electron chi connectivity index (χ2n) is 8.30. The van der Waals surface area contributed by atoms with Crippen LogP contribution in [0.25, 0.3) is 0 Å². The van der Waals surface area contributed by atoms with E-state index in [0.29, 0.717) is 6.04 Å². The van der Waals surface area contributed by atoms with Crippen molar-refractivity contribution in [2.24, 2.45) is 11.8 Å². The Morgan fingerprint density at radius 3 is 2.52 bits per heavy atom. The summed E-state index contributed by atoms with van der Waals surface area (Å²) in [6.45, 7) is 11.6. The van der Waals surface area contributed by atoms with Gasteiger partial charge in [0.1, 0.15) is 0 Å². The molecule has 0 saturated heterocycles. The van der Waals surface area contributed by atoms with E-state index in [1.165, 1.54) is 43.4 Å². The molecular weight excluding hydrogens is 254 g/mol. The predicted molar refractivity (Wildman–Crippen MR) is 94.0 cm³/mol. The monoisotopic (exact) mass is 287 g/mol. The SMILES string of the molecule is CC(C)CC1CCCC(Nc2ccccc2C(C)(C)C)C1. The number of hydrogen-bond acceptors (Lipinski definition) is 1. The van der Waals surface area contributed by atoms with Crippen LogP contribution in [0.1, 0.15) is 72.3 Å². The molecule has 0 amide bonds. The maximum absolute atomic E-state index is 3.86. The van der Waals surface area contributed by atoms with Crippen LogP contribution in [-0.4, -0.2) is 6.04 Å². The smallest absolute Gasteiger partial charge is 0.0380 e. The van der Waals surface area contributed by atoms with Gasteiger partial charge in [-0.25, -0.2) is 0 Å². The molecule has 2 atom stereocenters. The first kappa shape index (κ1) is 16.4. The first-order chi connectivity index (χ1) is 9.86. The van der Waals surface area contributed by atoms with Crippen molar-refractivity contribution in [2.45, 2.75) is 78.2 Å². The molecule has 1 aromatic rings. The number of anilines is 1. The summed E-state index contributed by atoms with van der Waals surface area (Å²) in [5.74, 6) is 1.74. The third-order valence-electron chi connectivity index (χ3n) is 4.68. The van der Waals surface area contributed by atoms with E-state index < -0.39 is 0 Å². The van der Waals surface area contributed by atoms with E-state index in [1.807, 2.05) is 0 Å². The molecule has 1 N–H and O–H groups in total. The van der Waals surface area contributed by atoms with Crippen LogP contribution in [0.2, 0.25) is 0 Å². The highest BCUT2D eigenvalue weighted by atomic mass is 14.9. The molecule has 1 aliphatic carbocycles. The van der Waals surface area contributed by atoms with Gasteiger partial charge >= 0.3 is 0 Å². The molecule has 1 heteroatoms. The lowest BCUT2D eigenvalue weighted by Crippen LogP contribution is -2.29. The molecular formula is C20H33N. The van der Waals surface area contributed by atoms with E-state index in [4.69, 9.17) is 0 Å². The summed E-state index contributed by atoms with van der Waals surface area (Å²) in [5, 5.41) is 3.86. The molecule has 0 radical (unpaired) electrons. The molecule has 2 rings (SSSR count). The molecule has 0 spiro atoms. The van der Waals surface area contributed by atoms with E-state index in [1.54, 1.807) is 0 Å². The zero-order chi connectivity index (χ0) is 15.5. The maximum atomic E-state index is 3.86. The van der Waals surface area contributed by atoms with Crippen LogP contribution in [0.4, 0.5) is 5.69 Å². The molecule has 0 heterocycles. The average molecular weight is 287 g/mol. The van der Waals surface area contributed by atoms with Gasteiger partial charge in [0.2, 0.25) is 0 Å². The summed E-state index contributed by atoms with van der Waals surface area (Å²) in [5.41, 5.74) is 2.99. The molecule has 118 valence electrons. The Labute approximate surface area is 131 Å². The van der Waals surface area contributed by atoms with Crippen molar-refractivity contribution in [1.82, 2.24) is 0 Å². The molecule has 1 nitrogen and oxygen atoms in total. The topological polar surface area (TPSA) is 12.0 Å². The zero-order valence-corrected chi connectivity index (χ0v) is 14.6. The van der Waals surface area contributed by atoms with Gasteiger partial charge in [0.05, 0.1) is 0 Å². The Morgan fingerprint density at radius 2 is 1.86 bits per heavy atom. The summed E-state index contributed by atoms with van der Waals surface area (Å²) in [7, 11) is 0. The summed E-state index contributed by atoms with van der Waals surface area (Å²) >= 11 is 0. The summed E-state index contributed by atoms with van der Waals surface area (Å²) in [4.78, 5) is 0. The molecule has 21 heavy (non-hydrogen) atoms. The van der Waals surface area contributed by atoms with E-state index in [-0.39, 0.29) is 5.41 Å². The number of para-hydroxylation sites is 1. The summed E-state index contributed by atoms with van der Waals surface area (Å²) in [6.07, 6.45) is 6.87. The highest BCUT2D eigenvalue weighted by Crippen LogP contribution is 2.34. The van der Waals surface area contributed by atoms with Gasteiger partial charge in [-0.15, -0.1) is 0 Å². The van der Waals surface area contributed by atoms with Gasteiger partial charge in [0, 0.05) is 11.7 Å². The predicted octanol–water partition coefficient (Wildman–Crippen LogP) is 6.00. The molecule has 2 unspecified atom stereocenters. The number of benzene rings is 1. The van der Waals surface area contributed by atoms with Crippen molar-refractivity contribution in [3.05, 3.63) is 29.8 Å². The Kier molecular flexibility index (Phi) is 5.35. The van der Waals surface area contributed by atoms with Crippen LogP contribution in [0, 0.1) is 11.8 Å². The first-order valence-corrected chi connectivity index (χ1v) is 8.72. The minimum atomic E-state index is 0.204. The molecule has 1 fully saturated rings. The summed E-state index contributed by atoms with van der Waals surface area (Å²) < 4.78 is 0. The van der Waals surface area contributed by atoms with Gasteiger partial charge in [0.25, 0.3) is 0 Å². The van der Waals surface area contributed by atoms with Crippen LogP contribution in [-0.2, 0) is 5.41 Å². The minimum absolute atomic E-state index is 0.204. The number of nitrogens with one attached hydrogen (secondary N) is 1. The highest BCUT2D eigenvalue weighted by molar-refractivity contribution is 5.54. The fourth-order valence-corrected chi connectivity index (χ4v) is 3.79. The van der Waals surface area contributed by atoms with Crippen LogP contribution in [0.5, 0.6) is 0 Å².